The predicted molar refractivity (Wildman–Crippen MR) is 177 cm³/mol. The molecule has 13 heteroatoms. The highest BCUT2D eigenvalue weighted by atomic mass is 35.5. The lowest BCUT2D eigenvalue weighted by atomic mass is 9.75. The summed E-state index contributed by atoms with van der Waals surface area (Å²) in [5, 5.41) is 19.5. The first-order valence-electron chi connectivity index (χ1n) is 16.7. The number of benzene rings is 1. The number of piperidine rings is 2. The highest BCUT2D eigenvalue weighted by molar-refractivity contribution is 6.35. The SMILES string of the molecule is COc1nc(-c2c(Cl)c(C)cc3[nH]ncc23)c(F)c2nc(OC[C@]34CCC[C@H]3N(C3COC3)CCC4)nc(N3CCC[C@@](C)(O)C3)c12. The molecule has 0 bridgehead atoms. The molecule has 1 aliphatic carbocycles. The van der Waals surface area contributed by atoms with Gasteiger partial charge in [0.05, 0.1) is 55.3 Å². The number of hydrogen-bond donors (Lipinski definition) is 2. The van der Waals surface area contributed by atoms with Crippen LogP contribution in [0.15, 0.2) is 12.3 Å². The van der Waals surface area contributed by atoms with Crippen LogP contribution < -0.4 is 14.4 Å². The molecule has 4 aliphatic rings. The molecule has 1 saturated carbocycles. The third kappa shape index (κ3) is 5.19. The fraction of sp³-hybridized carbons (Fsp3) is 0.588. The molecule has 3 aliphatic heterocycles. The maximum atomic E-state index is 17.1. The van der Waals surface area contributed by atoms with E-state index in [9.17, 15) is 5.11 Å². The van der Waals surface area contributed by atoms with Crippen LogP contribution in [0.4, 0.5) is 10.2 Å². The summed E-state index contributed by atoms with van der Waals surface area (Å²) in [6.45, 7) is 7.71. The van der Waals surface area contributed by atoms with E-state index in [0.717, 1.165) is 63.8 Å². The zero-order valence-electron chi connectivity index (χ0n) is 27.1. The van der Waals surface area contributed by atoms with Crippen LogP contribution in [0.25, 0.3) is 33.1 Å². The number of nitrogens with one attached hydrogen (secondary N) is 1. The van der Waals surface area contributed by atoms with Crippen molar-refractivity contribution >= 4 is 39.2 Å². The molecule has 4 aromatic rings. The molecule has 0 unspecified atom stereocenters. The van der Waals surface area contributed by atoms with Gasteiger partial charge in [-0.15, -0.1) is 0 Å². The lowest BCUT2D eigenvalue weighted by Gasteiger charge is -2.51. The summed E-state index contributed by atoms with van der Waals surface area (Å²) >= 11 is 6.84. The number of β-amino-alcohol motifs (C(OH)–C–C–N with tert-alkyl or cyclic N) is 1. The first-order valence-corrected chi connectivity index (χ1v) is 17.1. The zero-order chi connectivity index (χ0) is 32.5. The van der Waals surface area contributed by atoms with Gasteiger partial charge in [-0.2, -0.15) is 15.1 Å². The van der Waals surface area contributed by atoms with Gasteiger partial charge in [0.15, 0.2) is 5.82 Å². The largest absolute Gasteiger partial charge is 0.480 e. The smallest absolute Gasteiger partial charge is 0.319 e. The van der Waals surface area contributed by atoms with Gasteiger partial charge in [0.2, 0.25) is 5.88 Å². The lowest BCUT2D eigenvalue weighted by Crippen LogP contribution is -2.60. The van der Waals surface area contributed by atoms with E-state index in [1.54, 1.807) is 6.20 Å². The van der Waals surface area contributed by atoms with Gasteiger partial charge in [-0.05, 0) is 70.5 Å². The van der Waals surface area contributed by atoms with Crippen molar-refractivity contribution < 1.29 is 23.7 Å². The standard InChI is InChI=1S/C34H41ClFN7O4/c1-19-13-22-21(14-37-41-22)24(26(19)35)28-27(36)29-25(31(38-28)45-3)30(42-11-5-8-33(2,44)17-42)40-32(39-29)47-18-34-9-4-7-23(34)43(12-6-10-34)20-15-46-16-20/h13-14,20,23,44H,4-12,15-18H2,1-3H3,(H,37,41)/t23-,33-,34-/m1/s1. The predicted octanol–water partition coefficient (Wildman–Crippen LogP) is 5.44. The topological polar surface area (TPSA) is 122 Å². The number of ether oxygens (including phenoxy) is 3. The maximum absolute atomic E-state index is 17.1. The van der Waals surface area contributed by atoms with E-state index in [4.69, 9.17) is 40.8 Å². The van der Waals surface area contributed by atoms with Crippen LogP contribution in [-0.4, -0.2) is 99.4 Å². The van der Waals surface area contributed by atoms with Crippen LogP contribution in [0.2, 0.25) is 5.02 Å². The third-order valence-electron chi connectivity index (χ3n) is 10.9. The first-order chi connectivity index (χ1) is 22.7. The Bertz CT molecular complexity index is 1850. The highest BCUT2D eigenvalue weighted by Crippen LogP contribution is 2.49. The average Bonchev–Trinajstić information content (AvgIpc) is 3.68. The van der Waals surface area contributed by atoms with Gasteiger partial charge in [-0.25, -0.2) is 9.37 Å². The van der Waals surface area contributed by atoms with Crippen molar-refractivity contribution in [2.45, 2.75) is 76.5 Å². The van der Waals surface area contributed by atoms with Gasteiger partial charge in [0, 0.05) is 35.5 Å². The average molecular weight is 666 g/mol. The van der Waals surface area contributed by atoms with Crippen molar-refractivity contribution in [2.75, 3.05) is 51.5 Å². The van der Waals surface area contributed by atoms with Crippen LogP contribution in [-0.2, 0) is 4.74 Å². The summed E-state index contributed by atoms with van der Waals surface area (Å²) in [6.07, 6.45) is 8.53. The number of H-pyrrole nitrogens is 1. The summed E-state index contributed by atoms with van der Waals surface area (Å²) in [6, 6.07) is 2.86. The molecular weight excluding hydrogens is 625 g/mol. The molecule has 11 nitrogen and oxygen atoms in total. The van der Waals surface area contributed by atoms with Crippen molar-refractivity contribution in [1.29, 1.82) is 0 Å². The molecule has 0 radical (unpaired) electrons. The normalized spacial score (nSPS) is 26.9. The number of methoxy groups -OCH3 is 1. The van der Waals surface area contributed by atoms with Crippen LogP contribution in [0.1, 0.15) is 57.4 Å². The van der Waals surface area contributed by atoms with Crippen LogP contribution >= 0.6 is 11.6 Å². The van der Waals surface area contributed by atoms with Gasteiger partial charge < -0.3 is 24.2 Å². The van der Waals surface area contributed by atoms with Crippen molar-refractivity contribution in [2.24, 2.45) is 5.41 Å². The number of rotatable bonds is 7. The number of aromatic amines is 1. The molecule has 3 saturated heterocycles. The number of pyridine rings is 1. The van der Waals surface area contributed by atoms with Gasteiger partial charge in [0.25, 0.3) is 0 Å². The van der Waals surface area contributed by atoms with E-state index in [-0.39, 0.29) is 28.5 Å². The molecule has 2 N–H and O–H groups in total. The van der Waals surface area contributed by atoms with Crippen molar-refractivity contribution in [3.63, 3.8) is 0 Å². The molecule has 47 heavy (non-hydrogen) atoms. The molecule has 6 heterocycles. The van der Waals surface area contributed by atoms with E-state index < -0.39 is 11.4 Å². The highest BCUT2D eigenvalue weighted by Gasteiger charge is 2.51. The number of halogens is 2. The fourth-order valence-corrected chi connectivity index (χ4v) is 8.79. The van der Waals surface area contributed by atoms with Crippen LogP contribution in [0, 0.1) is 18.2 Å². The molecule has 1 aromatic carbocycles. The number of aliphatic hydroxyl groups is 1. The molecule has 3 aromatic heterocycles. The number of anilines is 1. The first kappa shape index (κ1) is 31.0. The maximum Gasteiger partial charge on any atom is 0.319 e. The number of likely N-dealkylation sites (tertiary alicyclic amines) is 1. The second-order valence-electron chi connectivity index (χ2n) is 14.2. The van der Waals surface area contributed by atoms with Gasteiger partial charge in [-0.3, -0.25) is 10.00 Å². The molecular formula is C34H41ClFN7O4. The van der Waals surface area contributed by atoms with Gasteiger partial charge in [-0.1, -0.05) is 18.0 Å². The second-order valence-corrected chi connectivity index (χ2v) is 14.5. The van der Waals surface area contributed by atoms with E-state index in [0.29, 0.717) is 70.9 Å². The van der Waals surface area contributed by atoms with E-state index in [1.165, 1.54) is 7.11 Å². The third-order valence-corrected chi connectivity index (χ3v) is 11.4. The Labute approximate surface area is 277 Å². The molecule has 250 valence electrons. The monoisotopic (exact) mass is 665 g/mol. The van der Waals surface area contributed by atoms with Crippen molar-refractivity contribution in [1.82, 2.24) is 30.0 Å². The quantitative estimate of drug-likeness (QED) is 0.264. The number of aryl methyl sites for hydroxylation is 1. The van der Waals surface area contributed by atoms with Crippen molar-refractivity contribution in [3.05, 3.63) is 28.7 Å². The van der Waals surface area contributed by atoms with Gasteiger partial charge >= 0.3 is 6.01 Å². The molecule has 4 fully saturated rings. The number of aromatic nitrogens is 5. The summed E-state index contributed by atoms with van der Waals surface area (Å²) in [7, 11) is 1.50. The zero-order valence-corrected chi connectivity index (χ0v) is 27.9. The van der Waals surface area contributed by atoms with E-state index in [2.05, 4.69) is 15.1 Å². The Morgan fingerprint density at radius 2 is 1.96 bits per heavy atom. The fourth-order valence-electron chi connectivity index (χ4n) is 8.54. The second kappa shape index (κ2) is 11.7. The van der Waals surface area contributed by atoms with E-state index >= 15 is 4.39 Å². The minimum atomic E-state index is -0.940. The Balaban J connectivity index is 1.26. The Morgan fingerprint density at radius 3 is 2.72 bits per heavy atom. The summed E-state index contributed by atoms with van der Waals surface area (Å²) in [5.41, 5.74) is 0.950. The molecule has 0 amide bonds. The molecule has 8 rings (SSSR count). The van der Waals surface area contributed by atoms with Crippen molar-refractivity contribution in [3.8, 4) is 23.1 Å². The summed E-state index contributed by atoms with van der Waals surface area (Å²) < 4.78 is 35.0. The Kier molecular flexibility index (Phi) is 7.70. The lowest BCUT2D eigenvalue weighted by molar-refractivity contribution is -0.115. The van der Waals surface area contributed by atoms with Crippen LogP contribution in [0.5, 0.6) is 11.9 Å². The Hall–Kier alpha value is -3.32. The van der Waals surface area contributed by atoms with Gasteiger partial charge in [0.1, 0.15) is 22.4 Å². The minimum Gasteiger partial charge on any atom is -0.480 e. The van der Waals surface area contributed by atoms with E-state index in [1.807, 2.05) is 24.8 Å². The summed E-state index contributed by atoms with van der Waals surface area (Å²) in [4.78, 5) is 18.9. The Morgan fingerprint density at radius 1 is 1.15 bits per heavy atom. The minimum absolute atomic E-state index is 0.00998. The van der Waals surface area contributed by atoms with Crippen LogP contribution in [0.3, 0.4) is 0 Å². The number of nitrogens with zero attached hydrogens (tertiary/aromatic N) is 6. The molecule has 0 spiro atoms. The molecule has 3 atom stereocenters. The summed E-state index contributed by atoms with van der Waals surface area (Å²) in [5.74, 6) is -0.0581. The number of fused-ring (bicyclic) bond motifs is 3. The number of hydrogen-bond acceptors (Lipinski definition) is 10.